The fraction of sp³-hybridized carbons (Fsp3) is 0.320. The Hall–Kier alpha value is -3.88. The Kier molecular flexibility index (Phi) is 5.47. The lowest BCUT2D eigenvalue weighted by Gasteiger charge is -2.33. The van der Waals surface area contributed by atoms with Gasteiger partial charge in [0, 0.05) is 31.4 Å². The molecule has 0 fully saturated rings. The van der Waals surface area contributed by atoms with Crippen molar-refractivity contribution in [1.29, 1.82) is 0 Å². The molecule has 0 saturated carbocycles. The Balaban J connectivity index is 1.67. The average molecular weight is 464 g/mol. The van der Waals surface area contributed by atoms with Crippen LogP contribution in [0.15, 0.2) is 58.1 Å². The molecule has 0 aliphatic carbocycles. The van der Waals surface area contributed by atoms with E-state index in [1.807, 2.05) is 35.8 Å². The number of imidazole rings is 1. The first-order valence-electron chi connectivity index (χ1n) is 11.3. The van der Waals surface area contributed by atoms with Crippen molar-refractivity contribution in [2.45, 2.75) is 26.9 Å². The van der Waals surface area contributed by atoms with E-state index >= 15 is 0 Å². The number of aromatic nitrogens is 4. The minimum Gasteiger partial charge on any atom is -0.494 e. The van der Waals surface area contributed by atoms with Gasteiger partial charge in [-0.15, -0.1) is 0 Å². The number of hydrogen-bond acceptors (Lipinski definition) is 5. The lowest BCUT2D eigenvalue weighted by atomic mass is 10.1. The summed E-state index contributed by atoms with van der Waals surface area (Å²) in [5.74, 6) is 1.16. The van der Waals surface area contributed by atoms with Crippen molar-refractivity contribution < 1.29 is 9.13 Å². The minimum absolute atomic E-state index is 0.146. The fourth-order valence-corrected chi connectivity index (χ4v) is 4.55. The maximum Gasteiger partial charge on any atom is 0.332 e. The van der Waals surface area contributed by atoms with Gasteiger partial charge in [0.15, 0.2) is 11.2 Å². The molecule has 3 heterocycles. The highest BCUT2D eigenvalue weighted by Gasteiger charge is 2.30. The van der Waals surface area contributed by atoms with Crippen molar-refractivity contribution in [3.05, 3.63) is 80.7 Å². The van der Waals surface area contributed by atoms with Gasteiger partial charge < -0.3 is 14.2 Å². The third-order valence-corrected chi connectivity index (χ3v) is 6.19. The highest BCUT2D eigenvalue weighted by Crippen LogP contribution is 2.33. The quantitative estimate of drug-likeness (QED) is 0.454. The number of anilines is 2. The number of hydrogen-bond donors (Lipinski definition) is 0. The van der Waals surface area contributed by atoms with Crippen LogP contribution in [0.2, 0.25) is 0 Å². The molecule has 5 rings (SSSR count). The van der Waals surface area contributed by atoms with Crippen molar-refractivity contribution in [3.8, 4) is 5.75 Å². The highest BCUT2D eigenvalue weighted by molar-refractivity contribution is 5.77. The van der Waals surface area contributed by atoms with Crippen LogP contribution < -0.4 is 20.9 Å². The Morgan fingerprint density at radius 1 is 1.09 bits per heavy atom. The number of aryl methyl sites for hydroxylation is 1. The normalized spacial score (nSPS) is 15.5. The number of nitrogens with zero attached hydrogens (tertiary/aromatic N) is 5. The van der Waals surface area contributed by atoms with Crippen molar-refractivity contribution in [2.24, 2.45) is 13.0 Å². The summed E-state index contributed by atoms with van der Waals surface area (Å²) in [4.78, 5) is 33.4. The molecule has 2 aromatic carbocycles. The number of ether oxygens (including phenoxy) is 1. The lowest BCUT2D eigenvalue weighted by Crippen LogP contribution is -2.40. The number of halogens is 1. The van der Waals surface area contributed by atoms with Gasteiger partial charge in [-0.2, -0.15) is 4.98 Å². The fourth-order valence-electron chi connectivity index (χ4n) is 4.55. The predicted octanol–water partition coefficient (Wildman–Crippen LogP) is 3.27. The van der Waals surface area contributed by atoms with Crippen LogP contribution in [0.1, 0.15) is 19.4 Å². The smallest absolute Gasteiger partial charge is 0.332 e. The number of rotatable bonds is 5. The maximum atomic E-state index is 14.3. The van der Waals surface area contributed by atoms with Gasteiger partial charge in [0.05, 0.1) is 13.2 Å². The molecule has 0 bridgehead atoms. The van der Waals surface area contributed by atoms with Crippen LogP contribution in [0.5, 0.6) is 5.75 Å². The van der Waals surface area contributed by atoms with Crippen molar-refractivity contribution in [1.82, 2.24) is 18.7 Å². The summed E-state index contributed by atoms with van der Waals surface area (Å²) in [5, 5.41) is 0. The molecule has 1 aliphatic heterocycles. The van der Waals surface area contributed by atoms with Gasteiger partial charge in [0.1, 0.15) is 11.6 Å². The molecular weight excluding hydrogens is 437 g/mol. The van der Waals surface area contributed by atoms with Crippen LogP contribution in [0.25, 0.3) is 11.2 Å². The summed E-state index contributed by atoms with van der Waals surface area (Å²) in [5.41, 5.74) is 0.862. The average Bonchev–Trinajstić information content (AvgIpc) is 3.21. The molecule has 1 aliphatic rings. The van der Waals surface area contributed by atoms with E-state index in [4.69, 9.17) is 9.72 Å². The monoisotopic (exact) mass is 463 g/mol. The van der Waals surface area contributed by atoms with Gasteiger partial charge in [-0.05, 0) is 43.2 Å². The molecule has 0 amide bonds. The largest absolute Gasteiger partial charge is 0.494 e. The van der Waals surface area contributed by atoms with Gasteiger partial charge in [-0.25, -0.2) is 9.18 Å². The zero-order valence-electron chi connectivity index (χ0n) is 19.4. The molecule has 0 saturated heterocycles. The van der Waals surface area contributed by atoms with E-state index in [1.54, 1.807) is 25.2 Å². The molecule has 176 valence electrons. The Morgan fingerprint density at radius 2 is 1.82 bits per heavy atom. The summed E-state index contributed by atoms with van der Waals surface area (Å²) in [6.07, 6.45) is 0. The van der Waals surface area contributed by atoms with Gasteiger partial charge >= 0.3 is 5.69 Å². The van der Waals surface area contributed by atoms with E-state index in [-0.39, 0.29) is 18.0 Å². The molecule has 9 heteroatoms. The summed E-state index contributed by atoms with van der Waals surface area (Å²) >= 11 is 0. The van der Waals surface area contributed by atoms with E-state index in [2.05, 4.69) is 11.8 Å². The van der Waals surface area contributed by atoms with E-state index in [0.717, 1.165) is 16.0 Å². The lowest BCUT2D eigenvalue weighted by molar-refractivity contribution is 0.340. The maximum absolute atomic E-state index is 14.3. The van der Waals surface area contributed by atoms with Crippen LogP contribution >= 0.6 is 0 Å². The van der Waals surface area contributed by atoms with E-state index in [9.17, 15) is 14.0 Å². The molecule has 2 aromatic heterocycles. The SMILES string of the molecule is CCOc1ccc(N2C[C@H](C)Cn3c2nc2c3c(=O)n(Cc3ccccc3F)c(=O)n2C)cc1. The number of fused-ring (bicyclic) bond motifs is 3. The first kappa shape index (κ1) is 21.9. The Morgan fingerprint density at radius 3 is 2.53 bits per heavy atom. The third kappa shape index (κ3) is 3.57. The van der Waals surface area contributed by atoms with Gasteiger partial charge in [0.25, 0.3) is 5.56 Å². The molecule has 1 atom stereocenters. The van der Waals surface area contributed by atoms with E-state index in [0.29, 0.717) is 36.8 Å². The highest BCUT2D eigenvalue weighted by atomic mass is 19.1. The van der Waals surface area contributed by atoms with Gasteiger partial charge in [0.2, 0.25) is 5.95 Å². The van der Waals surface area contributed by atoms with Crippen molar-refractivity contribution in [2.75, 3.05) is 18.1 Å². The number of benzene rings is 2. The van der Waals surface area contributed by atoms with Gasteiger partial charge in [-0.3, -0.25) is 13.9 Å². The first-order chi connectivity index (χ1) is 16.4. The van der Waals surface area contributed by atoms with Crippen LogP contribution in [0.4, 0.5) is 16.0 Å². The third-order valence-electron chi connectivity index (χ3n) is 6.19. The molecule has 0 unspecified atom stereocenters. The summed E-state index contributed by atoms with van der Waals surface area (Å²) in [6, 6.07) is 13.9. The standard InChI is InChI=1S/C25H26FN5O3/c1-4-34-19-11-9-18(10-12-19)29-13-16(2)14-30-21-22(27-24(29)30)28(3)25(33)31(23(21)32)15-17-7-5-6-8-20(17)26/h5-12,16H,4,13-15H2,1-3H3/t16-/m0/s1. The molecule has 4 aromatic rings. The van der Waals surface area contributed by atoms with Gasteiger partial charge in [-0.1, -0.05) is 25.1 Å². The van der Waals surface area contributed by atoms with Crippen molar-refractivity contribution >= 4 is 22.8 Å². The Labute approximate surface area is 195 Å². The van der Waals surface area contributed by atoms with E-state index < -0.39 is 17.1 Å². The molecule has 8 nitrogen and oxygen atoms in total. The second kappa shape index (κ2) is 8.48. The topological polar surface area (TPSA) is 74.3 Å². The van der Waals surface area contributed by atoms with Crippen molar-refractivity contribution in [3.63, 3.8) is 0 Å². The van der Waals surface area contributed by atoms with Crippen LogP contribution in [0, 0.1) is 11.7 Å². The minimum atomic E-state index is -0.531. The van der Waals surface area contributed by atoms with Crippen LogP contribution in [-0.4, -0.2) is 31.8 Å². The van der Waals surface area contributed by atoms with Crippen LogP contribution in [-0.2, 0) is 20.1 Å². The molecule has 34 heavy (non-hydrogen) atoms. The molecule has 0 radical (unpaired) electrons. The summed E-state index contributed by atoms with van der Waals surface area (Å²) in [6.45, 7) is 5.79. The predicted molar refractivity (Wildman–Crippen MR) is 129 cm³/mol. The zero-order valence-corrected chi connectivity index (χ0v) is 19.4. The second-order valence-electron chi connectivity index (χ2n) is 8.66. The van der Waals surface area contributed by atoms with Crippen LogP contribution in [0.3, 0.4) is 0 Å². The first-order valence-corrected chi connectivity index (χ1v) is 11.3. The summed E-state index contributed by atoms with van der Waals surface area (Å²) in [7, 11) is 1.59. The summed E-state index contributed by atoms with van der Waals surface area (Å²) < 4.78 is 24.1. The zero-order chi connectivity index (χ0) is 24.0. The molecule has 0 N–H and O–H groups in total. The second-order valence-corrected chi connectivity index (χ2v) is 8.66. The molecular formula is C25H26FN5O3. The van der Waals surface area contributed by atoms with E-state index in [1.165, 1.54) is 10.6 Å². The Bertz CT molecular complexity index is 1490. The molecule has 0 spiro atoms.